The highest BCUT2D eigenvalue weighted by Gasteiger charge is 2.27. The van der Waals surface area contributed by atoms with Crippen molar-refractivity contribution in [2.75, 3.05) is 69.9 Å². The van der Waals surface area contributed by atoms with Crippen molar-refractivity contribution in [3.8, 4) is 5.75 Å². The summed E-state index contributed by atoms with van der Waals surface area (Å²) in [5, 5.41) is 0. The molecule has 0 N–H and O–H groups in total. The van der Waals surface area contributed by atoms with E-state index >= 15 is 0 Å². The van der Waals surface area contributed by atoms with Gasteiger partial charge in [-0.2, -0.15) is 0 Å². The van der Waals surface area contributed by atoms with Crippen molar-refractivity contribution in [2.24, 2.45) is 0 Å². The maximum atomic E-state index is 13.6. The first-order valence-corrected chi connectivity index (χ1v) is 12.4. The average Bonchev–Trinajstić information content (AvgIpc) is 2.94. The molecule has 11 nitrogen and oxygen atoms in total. The SMILES string of the molecule is COC=O.Cc1nc2c(N3CCN(C)CC3=O)cc(N3CCOCC3)cn2c(=O)c1OCc1ccccc1. The van der Waals surface area contributed by atoms with E-state index in [1.54, 1.807) is 18.0 Å². The lowest BCUT2D eigenvalue weighted by molar-refractivity contribution is -0.126. The number of pyridine rings is 1. The Balaban J connectivity index is 0.000000786. The van der Waals surface area contributed by atoms with Crippen molar-refractivity contribution in [2.45, 2.75) is 13.5 Å². The number of aryl methyl sites for hydroxylation is 1. The van der Waals surface area contributed by atoms with E-state index in [-0.39, 0.29) is 23.8 Å². The first-order valence-electron chi connectivity index (χ1n) is 12.4. The monoisotopic (exact) mass is 523 g/mol. The second kappa shape index (κ2) is 12.5. The van der Waals surface area contributed by atoms with E-state index in [0.717, 1.165) is 17.8 Å². The number of morpholine rings is 1. The molecular weight excluding hydrogens is 490 g/mol. The molecule has 1 aromatic carbocycles. The zero-order valence-electron chi connectivity index (χ0n) is 22.0. The number of hydrogen-bond donors (Lipinski definition) is 0. The summed E-state index contributed by atoms with van der Waals surface area (Å²) >= 11 is 0. The zero-order valence-corrected chi connectivity index (χ0v) is 22.0. The van der Waals surface area contributed by atoms with Gasteiger partial charge in [0.25, 0.3) is 6.47 Å². The summed E-state index contributed by atoms with van der Waals surface area (Å²) in [5.41, 5.74) is 3.16. The van der Waals surface area contributed by atoms with Gasteiger partial charge in [-0.25, -0.2) is 4.98 Å². The third-order valence-electron chi connectivity index (χ3n) is 6.42. The van der Waals surface area contributed by atoms with E-state index in [0.29, 0.717) is 62.9 Å². The minimum absolute atomic E-state index is 0.00826. The molecule has 2 aliphatic heterocycles. The molecular formula is C27H33N5O6. The van der Waals surface area contributed by atoms with Crippen LogP contribution in [0.25, 0.3) is 5.65 Å². The van der Waals surface area contributed by atoms with Crippen LogP contribution in [0.1, 0.15) is 11.3 Å². The Morgan fingerprint density at radius 2 is 1.79 bits per heavy atom. The summed E-state index contributed by atoms with van der Waals surface area (Å²) in [6.45, 7) is 6.71. The number of carbonyl (C=O) groups excluding carboxylic acids is 2. The molecule has 0 unspecified atom stereocenters. The molecule has 0 aliphatic carbocycles. The molecule has 2 aliphatic rings. The van der Waals surface area contributed by atoms with Crippen LogP contribution in [0, 0.1) is 6.92 Å². The summed E-state index contributed by atoms with van der Waals surface area (Å²) < 4.78 is 16.8. The number of amides is 1. The molecule has 4 heterocycles. The summed E-state index contributed by atoms with van der Waals surface area (Å²) in [7, 11) is 3.24. The second-order valence-corrected chi connectivity index (χ2v) is 9.10. The number of anilines is 2. The van der Waals surface area contributed by atoms with E-state index in [4.69, 9.17) is 19.3 Å². The number of methoxy groups -OCH3 is 1. The minimum Gasteiger partial charge on any atom is -0.482 e. The van der Waals surface area contributed by atoms with Gasteiger partial charge < -0.3 is 24.0 Å². The van der Waals surface area contributed by atoms with Crippen LogP contribution < -0.4 is 20.1 Å². The number of hydrogen-bond acceptors (Lipinski definition) is 9. The van der Waals surface area contributed by atoms with Crippen molar-refractivity contribution in [3.63, 3.8) is 0 Å². The first kappa shape index (κ1) is 27.1. The third-order valence-corrected chi connectivity index (χ3v) is 6.42. The third kappa shape index (κ3) is 6.12. The van der Waals surface area contributed by atoms with Gasteiger partial charge in [0, 0.05) is 32.4 Å². The molecule has 2 fully saturated rings. The maximum Gasteiger partial charge on any atom is 0.300 e. The molecule has 0 saturated carbocycles. The summed E-state index contributed by atoms with van der Waals surface area (Å²) in [6.07, 6.45) is 1.80. The number of ether oxygens (including phenoxy) is 3. The lowest BCUT2D eigenvalue weighted by Crippen LogP contribution is -2.49. The molecule has 0 radical (unpaired) electrons. The Hall–Kier alpha value is -3.96. The van der Waals surface area contributed by atoms with Crippen LogP contribution in [0.3, 0.4) is 0 Å². The molecule has 2 saturated heterocycles. The molecule has 0 atom stereocenters. The van der Waals surface area contributed by atoms with Gasteiger partial charge in [0.2, 0.25) is 11.7 Å². The molecule has 2 aromatic heterocycles. The normalized spacial score (nSPS) is 16.1. The van der Waals surface area contributed by atoms with E-state index < -0.39 is 0 Å². The summed E-state index contributed by atoms with van der Waals surface area (Å²) in [4.78, 5) is 46.2. The topological polar surface area (TPSA) is 106 Å². The molecule has 202 valence electrons. The van der Waals surface area contributed by atoms with E-state index in [2.05, 4.69) is 9.64 Å². The maximum absolute atomic E-state index is 13.6. The number of carbonyl (C=O) groups is 2. The number of likely N-dealkylation sites (N-methyl/N-ethyl adjacent to an activating group) is 1. The molecule has 3 aromatic rings. The first-order chi connectivity index (χ1) is 18.4. The Morgan fingerprint density at radius 3 is 2.45 bits per heavy atom. The van der Waals surface area contributed by atoms with Crippen molar-refractivity contribution in [1.29, 1.82) is 0 Å². The van der Waals surface area contributed by atoms with Gasteiger partial charge in [-0.3, -0.25) is 23.7 Å². The van der Waals surface area contributed by atoms with Gasteiger partial charge >= 0.3 is 5.56 Å². The largest absolute Gasteiger partial charge is 0.482 e. The van der Waals surface area contributed by atoms with E-state index in [1.807, 2.05) is 48.3 Å². The molecule has 11 heteroatoms. The smallest absolute Gasteiger partial charge is 0.300 e. The van der Waals surface area contributed by atoms with Crippen LogP contribution in [0.15, 0.2) is 47.4 Å². The minimum atomic E-state index is -0.281. The van der Waals surface area contributed by atoms with Crippen molar-refractivity contribution in [3.05, 3.63) is 64.2 Å². The fourth-order valence-corrected chi connectivity index (χ4v) is 4.43. The number of rotatable bonds is 6. The Kier molecular flexibility index (Phi) is 8.93. The molecule has 0 spiro atoms. The van der Waals surface area contributed by atoms with E-state index in [9.17, 15) is 9.59 Å². The van der Waals surface area contributed by atoms with Crippen LogP contribution in [0.4, 0.5) is 11.4 Å². The van der Waals surface area contributed by atoms with Gasteiger partial charge in [-0.05, 0) is 25.6 Å². The van der Waals surface area contributed by atoms with Crippen LogP contribution in [0.5, 0.6) is 5.75 Å². The Morgan fingerprint density at radius 1 is 1.08 bits per heavy atom. The number of aromatic nitrogens is 2. The number of nitrogens with zero attached hydrogens (tertiary/aromatic N) is 5. The zero-order chi connectivity index (χ0) is 27.1. The molecule has 5 rings (SSSR count). The highest BCUT2D eigenvalue weighted by atomic mass is 16.5. The fourth-order valence-electron chi connectivity index (χ4n) is 4.43. The lowest BCUT2D eigenvalue weighted by Gasteiger charge is -2.34. The molecule has 0 bridgehead atoms. The number of piperazine rings is 1. The quantitative estimate of drug-likeness (QED) is 0.444. The van der Waals surface area contributed by atoms with Crippen molar-refractivity contribution >= 4 is 29.4 Å². The van der Waals surface area contributed by atoms with Crippen LogP contribution in [-0.2, 0) is 25.7 Å². The van der Waals surface area contributed by atoms with E-state index in [1.165, 1.54) is 11.5 Å². The van der Waals surface area contributed by atoms with Crippen molar-refractivity contribution in [1.82, 2.24) is 14.3 Å². The standard InChI is InChI=1S/C25H29N5O4.C2H4O2/c1-18-23(34-17-19-6-4-3-5-7-19)25(32)30-15-20(28-10-12-33-13-11-28)14-21(24(30)26-18)29-9-8-27(2)16-22(29)31;1-4-2-3/h3-7,14-15H,8-13,16-17H2,1-2H3;2H,1H3. The van der Waals surface area contributed by atoms with Gasteiger partial charge in [-0.1, -0.05) is 30.3 Å². The predicted octanol–water partition coefficient (Wildman–Crippen LogP) is 1.49. The average molecular weight is 524 g/mol. The highest BCUT2D eigenvalue weighted by Crippen LogP contribution is 2.29. The predicted molar refractivity (Wildman–Crippen MR) is 143 cm³/mol. The van der Waals surface area contributed by atoms with Gasteiger partial charge in [0.15, 0.2) is 5.65 Å². The second-order valence-electron chi connectivity index (χ2n) is 9.10. The number of benzene rings is 1. The Bertz CT molecular complexity index is 1320. The molecule has 1 amide bonds. The van der Waals surface area contributed by atoms with Crippen LogP contribution in [0.2, 0.25) is 0 Å². The van der Waals surface area contributed by atoms with Crippen molar-refractivity contribution < 1.29 is 23.8 Å². The summed E-state index contributed by atoms with van der Waals surface area (Å²) in [5.74, 6) is 0.210. The molecule has 38 heavy (non-hydrogen) atoms. The fraction of sp³-hybridized carbons (Fsp3) is 0.407. The number of fused-ring (bicyclic) bond motifs is 1. The van der Waals surface area contributed by atoms with Crippen LogP contribution >= 0.6 is 0 Å². The summed E-state index contributed by atoms with van der Waals surface area (Å²) in [6, 6.07) is 11.7. The lowest BCUT2D eigenvalue weighted by atomic mass is 10.2. The van der Waals surface area contributed by atoms with Gasteiger partial charge in [0.05, 0.1) is 43.9 Å². The van der Waals surface area contributed by atoms with Gasteiger partial charge in [0.1, 0.15) is 6.61 Å². The Labute approximate surface area is 221 Å². The van der Waals surface area contributed by atoms with Gasteiger partial charge in [-0.15, -0.1) is 0 Å². The highest BCUT2D eigenvalue weighted by molar-refractivity contribution is 5.99. The van der Waals surface area contributed by atoms with Crippen LogP contribution in [-0.4, -0.2) is 86.8 Å².